The summed E-state index contributed by atoms with van der Waals surface area (Å²) in [4.78, 5) is 17.4. The minimum Gasteiger partial charge on any atom is -0.497 e. The van der Waals surface area contributed by atoms with Crippen LogP contribution in [0.2, 0.25) is 0 Å². The summed E-state index contributed by atoms with van der Waals surface area (Å²) in [5.74, 6) is 0.638. The first-order chi connectivity index (χ1) is 16.3. The number of hydrogen-bond acceptors (Lipinski definition) is 5. The lowest BCUT2D eigenvalue weighted by molar-refractivity contribution is 0.0745. The van der Waals surface area contributed by atoms with Crippen LogP contribution in [0.1, 0.15) is 21.5 Å². The molecule has 0 radical (unpaired) electrons. The summed E-state index contributed by atoms with van der Waals surface area (Å²) in [6.07, 6.45) is 0. The van der Waals surface area contributed by atoms with Crippen molar-refractivity contribution in [3.05, 3.63) is 83.4 Å². The average molecular weight is 480 g/mol. The Labute approximate surface area is 201 Å². The summed E-state index contributed by atoms with van der Waals surface area (Å²) in [6, 6.07) is 19.7. The van der Waals surface area contributed by atoms with E-state index in [9.17, 15) is 13.2 Å². The second kappa shape index (κ2) is 9.77. The van der Waals surface area contributed by atoms with E-state index in [1.807, 2.05) is 50.2 Å². The summed E-state index contributed by atoms with van der Waals surface area (Å²) in [5, 5.41) is 0. The maximum absolute atomic E-state index is 13.3. The van der Waals surface area contributed by atoms with Gasteiger partial charge in [-0.25, -0.2) is 8.42 Å². The van der Waals surface area contributed by atoms with Crippen LogP contribution in [-0.4, -0.2) is 52.5 Å². The Morgan fingerprint density at radius 1 is 0.912 bits per heavy atom. The predicted octanol–water partition coefficient (Wildman–Crippen LogP) is 4.08. The lowest BCUT2D eigenvalue weighted by Gasteiger charge is -2.36. The third-order valence-electron chi connectivity index (χ3n) is 6.04. The molecular weight excluding hydrogens is 450 g/mol. The van der Waals surface area contributed by atoms with Crippen LogP contribution in [0.5, 0.6) is 5.75 Å². The molecule has 0 saturated carbocycles. The van der Waals surface area contributed by atoms with Crippen LogP contribution >= 0.6 is 0 Å². The number of carbonyl (C=O) groups is 1. The van der Waals surface area contributed by atoms with Gasteiger partial charge in [-0.05, 0) is 55.8 Å². The van der Waals surface area contributed by atoms with Gasteiger partial charge in [0.25, 0.3) is 15.9 Å². The van der Waals surface area contributed by atoms with E-state index in [0.717, 1.165) is 22.6 Å². The monoisotopic (exact) mass is 479 g/mol. The molecule has 0 atom stereocenters. The van der Waals surface area contributed by atoms with E-state index in [1.54, 1.807) is 30.2 Å². The van der Waals surface area contributed by atoms with Crippen LogP contribution in [0.25, 0.3) is 0 Å². The number of nitrogens with zero attached hydrogens (tertiary/aromatic N) is 2. The van der Waals surface area contributed by atoms with Gasteiger partial charge in [0.2, 0.25) is 0 Å². The smallest absolute Gasteiger partial charge is 0.261 e. The van der Waals surface area contributed by atoms with E-state index in [-0.39, 0.29) is 10.8 Å². The molecule has 0 unspecified atom stereocenters. The Balaban J connectivity index is 1.48. The summed E-state index contributed by atoms with van der Waals surface area (Å²) in [5.41, 5.74) is 3.72. The Kier molecular flexibility index (Phi) is 6.79. The standard InChI is InChI=1S/C26H29N3O4S/c1-19-7-10-21(11-8-19)27-34(31,32)24-12-9-20(2)25(18-24)26(30)29-15-13-28(14-16-29)22-5-4-6-23(17-22)33-3/h4-12,17-18,27H,13-16H2,1-3H3. The molecular formula is C26H29N3O4S. The number of piperazine rings is 1. The molecule has 3 aromatic rings. The molecule has 4 rings (SSSR count). The van der Waals surface area contributed by atoms with Gasteiger partial charge in [0.05, 0.1) is 12.0 Å². The predicted molar refractivity (Wildman–Crippen MR) is 134 cm³/mol. The van der Waals surface area contributed by atoms with Crippen LogP contribution in [0.15, 0.2) is 71.6 Å². The molecule has 7 nitrogen and oxygen atoms in total. The van der Waals surface area contributed by atoms with Gasteiger partial charge in [-0.3, -0.25) is 9.52 Å². The number of ether oxygens (including phenoxy) is 1. The van der Waals surface area contributed by atoms with Gasteiger partial charge in [-0.2, -0.15) is 0 Å². The number of anilines is 2. The van der Waals surface area contributed by atoms with Crippen molar-refractivity contribution in [3.63, 3.8) is 0 Å². The van der Waals surface area contributed by atoms with Crippen molar-refractivity contribution in [2.45, 2.75) is 18.7 Å². The fraction of sp³-hybridized carbons (Fsp3) is 0.269. The highest BCUT2D eigenvalue weighted by atomic mass is 32.2. The Hall–Kier alpha value is -3.52. The van der Waals surface area contributed by atoms with E-state index >= 15 is 0 Å². The fourth-order valence-electron chi connectivity index (χ4n) is 3.98. The molecule has 1 heterocycles. The molecule has 1 fully saturated rings. The molecule has 1 amide bonds. The Morgan fingerprint density at radius 3 is 2.29 bits per heavy atom. The first-order valence-electron chi connectivity index (χ1n) is 11.2. The van der Waals surface area contributed by atoms with Crippen molar-refractivity contribution >= 4 is 27.3 Å². The molecule has 8 heteroatoms. The maximum atomic E-state index is 13.3. The molecule has 0 bridgehead atoms. The van der Waals surface area contributed by atoms with Gasteiger partial charge in [0.15, 0.2) is 0 Å². The van der Waals surface area contributed by atoms with Crippen LogP contribution < -0.4 is 14.4 Å². The normalized spacial score (nSPS) is 14.1. The summed E-state index contributed by atoms with van der Waals surface area (Å²) >= 11 is 0. The highest BCUT2D eigenvalue weighted by Crippen LogP contribution is 2.24. The maximum Gasteiger partial charge on any atom is 0.261 e. The molecule has 0 aliphatic carbocycles. The lowest BCUT2D eigenvalue weighted by atomic mass is 10.1. The van der Waals surface area contributed by atoms with E-state index in [4.69, 9.17) is 4.74 Å². The molecule has 0 aromatic heterocycles. The number of methoxy groups -OCH3 is 1. The highest BCUT2D eigenvalue weighted by Gasteiger charge is 2.25. The van der Waals surface area contributed by atoms with Gasteiger partial charge in [-0.15, -0.1) is 0 Å². The summed E-state index contributed by atoms with van der Waals surface area (Å²) in [7, 11) is -2.18. The molecule has 3 aromatic carbocycles. The van der Waals surface area contributed by atoms with Crippen LogP contribution in [-0.2, 0) is 10.0 Å². The van der Waals surface area contributed by atoms with Gasteiger partial charge >= 0.3 is 0 Å². The molecule has 1 aliphatic heterocycles. The van der Waals surface area contributed by atoms with E-state index in [0.29, 0.717) is 37.4 Å². The fourth-order valence-corrected chi connectivity index (χ4v) is 5.06. The molecule has 178 valence electrons. The number of amides is 1. The minimum absolute atomic E-state index is 0.0667. The molecule has 1 aliphatic rings. The van der Waals surface area contributed by atoms with Crippen molar-refractivity contribution in [3.8, 4) is 5.75 Å². The van der Waals surface area contributed by atoms with Gasteiger partial charge < -0.3 is 14.5 Å². The minimum atomic E-state index is -3.82. The summed E-state index contributed by atoms with van der Waals surface area (Å²) < 4.78 is 33.8. The zero-order chi connectivity index (χ0) is 24.3. The third kappa shape index (κ3) is 5.17. The Morgan fingerprint density at radius 2 is 1.62 bits per heavy atom. The van der Waals surface area contributed by atoms with E-state index in [2.05, 4.69) is 9.62 Å². The number of sulfonamides is 1. The first-order valence-corrected chi connectivity index (χ1v) is 12.6. The van der Waals surface area contributed by atoms with Gasteiger partial charge in [-0.1, -0.05) is 29.8 Å². The lowest BCUT2D eigenvalue weighted by Crippen LogP contribution is -2.49. The second-order valence-electron chi connectivity index (χ2n) is 8.43. The van der Waals surface area contributed by atoms with Crippen molar-refractivity contribution in [1.29, 1.82) is 0 Å². The van der Waals surface area contributed by atoms with Gasteiger partial charge in [0.1, 0.15) is 5.75 Å². The molecule has 1 saturated heterocycles. The topological polar surface area (TPSA) is 79.0 Å². The average Bonchev–Trinajstić information content (AvgIpc) is 2.85. The van der Waals surface area contributed by atoms with E-state index < -0.39 is 10.0 Å². The quantitative estimate of drug-likeness (QED) is 0.577. The zero-order valence-electron chi connectivity index (χ0n) is 19.6. The first kappa shape index (κ1) is 23.6. The van der Waals surface area contributed by atoms with Crippen LogP contribution in [0, 0.1) is 13.8 Å². The number of hydrogen-bond donors (Lipinski definition) is 1. The zero-order valence-corrected chi connectivity index (χ0v) is 20.4. The number of aryl methyl sites for hydroxylation is 2. The second-order valence-corrected chi connectivity index (χ2v) is 10.1. The number of nitrogens with one attached hydrogen (secondary N) is 1. The van der Waals surface area contributed by atoms with Crippen molar-refractivity contribution in [2.24, 2.45) is 0 Å². The van der Waals surface area contributed by atoms with Crippen LogP contribution in [0.3, 0.4) is 0 Å². The molecule has 34 heavy (non-hydrogen) atoms. The number of rotatable bonds is 6. The largest absolute Gasteiger partial charge is 0.497 e. The van der Waals surface area contributed by atoms with Crippen molar-refractivity contribution < 1.29 is 17.9 Å². The van der Waals surface area contributed by atoms with E-state index in [1.165, 1.54) is 12.1 Å². The Bertz CT molecular complexity index is 1280. The molecule has 1 N–H and O–H groups in total. The third-order valence-corrected chi connectivity index (χ3v) is 7.42. The van der Waals surface area contributed by atoms with Crippen LogP contribution in [0.4, 0.5) is 11.4 Å². The van der Waals surface area contributed by atoms with Crippen molar-refractivity contribution in [2.75, 3.05) is 42.9 Å². The summed E-state index contributed by atoms with van der Waals surface area (Å²) in [6.45, 7) is 6.23. The SMILES string of the molecule is COc1cccc(N2CCN(C(=O)c3cc(S(=O)(=O)Nc4ccc(C)cc4)ccc3C)CC2)c1. The highest BCUT2D eigenvalue weighted by molar-refractivity contribution is 7.92. The molecule has 0 spiro atoms. The van der Waals surface area contributed by atoms with Crippen molar-refractivity contribution in [1.82, 2.24) is 4.90 Å². The van der Waals surface area contributed by atoms with Gasteiger partial charge in [0, 0.05) is 49.2 Å². The number of carbonyl (C=O) groups excluding carboxylic acids is 1. The number of benzene rings is 3.